The van der Waals surface area contributed by atoms with E-state index in [9.17, 15) is 0 Å². The Labute approximate surface area is 145 Å². The molecule has 6 nitrogen and oxygen atoms in total. The van der Waals surface area contributed by atoms with Gasteiger partial charge >= 0.3 is 0 Å². The smallest absolute Gasteiger partial charge is 0.123 e. The molecule has 0 aromatic heterocycles. The van der Waals surface area contributed by atoms with E-state index in [1.165, 1.54) is 0 Å². The normalized spacial score (nSPS) is 13.5. The zero-order valence-electron chi connectivity index (χ0n) is 14.9. The summed E-state index contributed by atoms with van der Waals surface area (Å²) in [6.07, 6.45) is 3.72. The molecule has 24 heavy (non-hydrogen) atoms. The van der Waals surface area contributed by atoms with Crippen molar-refractivity contribution in [3.8, 4) is 11.5 Å². The molecule has 0 saturated carbocycles. The summed E-state index contributed by atoms with van der Waals surface area (Å²) in [6, 6.07) is 7.61. The zero-order valence-corrected chi connectivity index (χ0v) is 14.9. The maximum absolute atomic E-state index is 5.80. The van der Waals surface area contributed by atoms with Gasteiger partial charge in [-0.1, -0.05) is 6.07 Å². The summed E-state index contributed by atoms with van der Waals surface area (Å²) in [5.41, 5.74) is 11.1. The third-order valence-electron chi connectivity index (χ3n) is 3.80. The topological polar surface area (TPSA) is 89.0 Å². The van der Waals surface area contributed by atoms with Crippen molar-refractivity contribution >= 4 is 0 Å². The number of hydrogen-bond acceptors (Lipinski definition) is 6. The van der Waals surface area contributed by atoms with Crippen LogP contribution in [0.15, 0.2) is 24.3 Å². The van der Waals surface area contributed by atoms with Crippen LogP contribution in [0.25, 0.3) is 0 Å². The van der Waals surface area contributed by atoms with Gasteiger partial charge in [0.05, 0.1) is 12.2 Å². The number of methoxy groups -OCH3 is 2. The summed E-state index contributed by atoms with van der Waals surface area (Å²) < 4.78 is 22.4. The molecule has 0 heterocycles. The first-order valence-electron chi connectivity index (χ1n) is 8.54. The Morgan fingerprint density at radius 2 is 1.29 bits per heavy atom. The Hall–Kier alpha value is -1.34. The van der Waals surface area contributed by atoms with Crippen LogP contribution < -0.4 is 20.9 Å². The van der Waals surface area contributed by atoms with Crippen molar-refractivity contribution in [2.24, 2.45) is 11.5 Å². The third-order valence-corrected chi connectivity index (χ3v) is 3.80. The van der Waals surface area contributed by atoms with Gasteiger partial charge in [-0.3, -0.25) is 0 Å². The van der Waals surface area contributed by atoms with Crippen LogP contribution in [0.4, 0.5) is 0 Å². The van der Waals surface area contributed by atoms with Crippen molar-refractivity contribution in [3.05, 3.63) is 24.3 Å². The van der Waals surface area contributed by atoms with E-state index >= 15 is 0 Å². The molecule has 6 heteroatoms. The van der Waals surface area contributed by atoms with E-state index in [1.807, 2.05) is 24.3 Å². The van der Waals surface area contributed by atoms with Crippen LogP contribution in [-0.4, -0.2) is 52.7 Å². The molecule has 0 bridgehead atoms. The van der Waals surface area contributed by atoms with Gasteiger partial charge in [-0.15, -0.1) is 0 Å². The first-order valence-corrected chi connectivity index (χ1v) is 8.54. The predicted octanol–water partition coefficient (Wildman–Crippen LogP) is 1.95. The highest BCUT2D eigenvalue weighted by molar-refractivity contribution is 5.32. The Kier molecular flexibility index (Phi) is 11.2. The number of hydrogen-bond donors (Lipinski definition) is 2. The van der Waals surface area contributed by atoms with Gasteiger partial charge in [0.2, 0.25) is 0 Å². The molecule has 4 N–H and O–H groups in total. The summed E-state index contributed by atoms with van der Waals surface area (Å²) in [6.45, 7) is 2.32. The van der Waals surface area contributed by atoms with E-state index in [2.05, 4.69) is 0 Å². The Bertz CT molecular complexity index is 396. The van der Waals surface area contributed by atoms with Gasteiger partial charge < -0.3 is 30.4 Å². The second kappa shape index (κ2) is 13.0. The lowest BCUT2D eigenvalue weighted by molar-refractivity contribution is 0.0487. The molecule has 2 atom stereocenters. The lowest BCUT2D eigenvalue weighted by Crippen LogP contribution is -2.22. The SMILES string of the molecule is COC(CCCN)COc1cccc(OCC(CCCN)OC)c1. The summed E-state index contributed by atoms with van der Waals surface area (Å²) in [5, 5.41) is 0. The van der Waals surface area contributed by atoms with Crippen LogP contribution in [0.5, 0.6) is 11.5 Å². The number of benzene rings is 1. The maximum Gasteiger partial charge on any atom is 0.123 e. The van der Waals surface area contributed by atoms with Crippen molar-refractivity contribution in [1.29, 1.82) is 0 Å². The molecular formula is C18H32N2O4. The number of rotatable bonds is 14. The standard InChI is InChI=1S/C18H32N2O4/c1-21-17(8-4-10-19)13-23-15-6-3-7-16(12-15)24-14-18(22-2)9-5-11-20/h3,6-7,12,17-18H,4-5,8-11,13-14,19-20H2,1-2H3. The molecule has 0 aliphatic carbocycles. The average Bonchev–Trinajstić information content (AvgIpc) is 2.62. The van der Waals surface area contributed by atoms with Crippen LogP contribution in [0.2, 0.25) is 0 Å². The Morgan fingerprint density at radius 1 is 0.833 bits per heavy atom. The summed E-state index contributed by atoms with van der Waals surface area (Å²) in [4.78, 5) is 0. The highest BCUT2D eigenvalue weighted by Crippen LogP contribution is 2.20. The molecule has 0 aliphatic heterocycles. The second-order valence-corrected chi connectivity index (χ2v) is 5.67. The highest BCUT2D eigenvalue weighted by Gasteiger charge is 2.10. The van der Waals surface area contributed by atoms with Crippen molar-refractivity contribution in [3.63, 3.8) is 0 Å². The molecule has 0 amide bonds. The fourth-order valence-corrected chi connectivity index (χ4v) is 2.26. The monoisotopic (exact) mass is 340 g/mol. The van der Waals surface area contributed by atoms with Crippen LogP contribution in [0.1, 0.15) is 25.7 Å². The second-order valence-electron chi connectivity index (χ2n) is 5.67. The summed E-state index contributed by atoms with van der Waals surface area (Å²) >= 11 is 0. The fraction of sp³-hybridized carbons (Fsp3) is 0.667. The van der Waals surface area contributed by atoms with Gasteiger partial charge in [0.25, 0.3) is 0 Å². The van der Waals surface area contributed by atoms with Crippen molar-refractivity contribution < 1.29 is 18.9 Å². The molecule has 2 unspecified atom stereocenters. The van der Waals surface area contributed by atoms with E-state index < -0.39 is 0 Å². The van der Waals surface area contributed by atoms with Gasteiger partial charge in [-0.2, -0.15) is 0 Å². The quantitative estimate of drug-likeness (QED) is 0.538. The minimum atomic E-state index is 0.0484. The molecule has 138 valence electrons. The number of nitrogens with two attached hydrogens (primary N) is 2. The fourth-order valence-electron chi connectivity index (χ4n) is 2.26. The molecular weight excluding hydrogens is 308 g/mol. The van der Waals surface area contributed by atoms with E-state index in [-0.39, 0.29) is 12.2 Å². The van der Waals surface area contributed by atoms with E-state index in [4.69, 9.17) is 30.4 Å². The van der Waals surface area contributed by atoms with Crippen molar-refractivity contribution in [2.45, 2.75) is 37.9 Å². The zero-order chi connectivity index (χ0) is 17.6. The lowest BCUT2D eigenvalue weighted by Gasteiger charge is -2.18. The van der Waals surface area contributed by atoms with Gasteiger partial charge in [-0.05, 0) is 50.9 Å². The summed E-state index contributed by atoms with van der Waals surface area (Å²) in [5.74, 6) is 1.52. The Balaban J connectivity index is 2.44. The highest BCUT2D eigenvalue weighted by atomic mass is 16.5. The van der Waals surface area contributed by atoms with Crippen molar-refractivity contribution in [1.82, 2.24) is 0 Å². The molecule has 0 fully saturated rings. The van der Waals surface area contributed by atoms with Crippen LogP contribution in [0.3, 0.4) is 0 Å². The molecule has 0 saturated heterocycles. The minimum absolute atomic E-state index is 0.0484. The molecule has 1 rings (SSSR count). The first kappa shape index (κ1) is 20.7. The van der Waals surface area contributed by atoms with Crippen LogP contribution >= 0.6 is 0 Å². The summed E-state index contributed by atoms with van der Waals surface area (Å²) in [7, 11) is 3.38. The van der Waals surface area contributed by atoms with Gasteiger partial charge in [0, 0.05) is 20.3 Å². The van der Waals surface area contributed by atoms with Gasteiger partial charge in [0.15, 0.2) is 0 Å². The molecule has 0 aliphatic rings. The third kappa shape index (κ3) is 8.49. The molecule has 1 aromatic rings. The molecule has 1 aromatic carbocycles. The van der Waals surface area contributed by atoms with E-state index in [0.717, 1.165) is 37.2 Å². The first-order chi connectivity index (χ1) is 11.7. The minimum Gasteiger partial charge on any atom is -0.491 e. The lowest BCUT2D eigenvalue weighted by atomic mass is 10.2. The van der Waals surface area contributed by atoms with Crippen LogP contribution in [0, 0.1) is 0 Å². The predicted molar refractivity (Wildman–Crippen MR) is 95.6 cm³/mol. The number of ether oxygens (including phenoxy) is 4. The molecule has 0 spiro atoms. The van der Waals surface area contributed by atoms with Crippen LogP contribution in [-0.2, 0) is 9.47 Å². The maximum atomic E-state index is 5.80. The van der Waals surface area contributed by atoms with Gasteiger partial charge in [0.1, 0.15) is 24.7 Å². The molecule has 0 radical (unpaired) electrons. The largest absolute Gasteiger partial charge is 0.491 e. The Morgan fingerprint density at radius 3 is 1.67 bits per heavy atom. The van der Waals surface area contributed by atoms with Gasteiger partial charge in [-0.25, -0.2) is 0 Å². The van der Waals surface area contributed by atoms with Crippen molar-refractivity contribution in [2.75, 3.05) is 40.5 Å². The van der Waals surface area contributed by atoms with E-state index in [0.29, 0.717) is 26.3 Å². The van der Waals surface area contributed by atoms with E-state index in [1.54, 1.807) is 14.2 Å². The average molecular weight is 340 g/mol.